The number of nitro benzene ring substituents is 1. The van der Waals surface area contributed by atoms with Crippen molar-refractivity contribution in [2.45, 2.75) is 6.92 Å². The third-order valence-corrected chi connectivity index (χ3v) is 4.56. The maximum atomic E-state index is 12.3. The topological polar surface area (TPSA) is 78.7 Å². The number of amides is 1. The highest BCUT2D eigenvalue weighted by molar-refractivity contribution is 5.93. The minimum absolute atomic E-state index is 0.0255. The summed E-state index contributed by atoms with van der Waals surface area (Å²) in [7, 11) is 0. The number of anilines is 2. The van der Waals surface area contributed by atoms with E-state index in [0.29, 0.717) is 17.8 Å². The molecule has 2 aromatic carbocycles. The number of hydrogen-bond acceptors (Lipinski definition) is 5. The van der Waals surface area contributed by atoms with E-state index in [1.807, 2.05) is 18.2 Å². The first-order chi connectivity index (χ1) is 12.5. The first kappa shape index (κ1) is 17.9. The number of carbonyl (C=O) groups is 1. The average Bonchev–Trinajstić information content (AvgIpc) is 2.64. The highest BCUT2D eigenvalue weighted by atomic mass is 16.6. The Morgan fingerprint density at radius 3 is 2.42 bits per heavy atom. The fraction of sp³-hybridized carbons (Fsp3) is 0.316. The molecule has 0 aromatic heterocycles. The molecule has 0 atom stereocenters. The molecule has 7 nitrogen and oxygen atoms in total. The van der Waals surface area contributed by atoms with Gasteiger partial charge in [0, 0.05) is 49.7 Å². The molecule has 7 heteroatoms. The van der Waals surface area contributed by atoms with Gasteiger partial charge in [0.25, 0.3) is 5.69 Å². The molecule has 0 radical (unpaired) electrons. The molecule has 1 saturated heterocycles. The first-order valence-corrected chi connectivity index (χ1v) is 8.60. The lowest BCUT2D eigenvalue weighted by Crippen LogP contribution is -2.48. The Morgan fingerprint density at radius 2 is 1.81 bits per heavy atom. The Morgan fingerprint density at radius 1 is 1.12 bits per heavy atom. The molecule has 0 bridgehead atoms. The van der Waals surface area contributed by atoms with Crippen LogP contribution in [0.4, 0.5) is 17.1 Å². The Labute approximate surface area is 152 Å². The lowest BCUT2D eigenvalue weighted by molar-refractivity contribution is -0.384. The summed E-state index contributed by atoms with van der Waals surface area (Å²) in [6.07, 6.45) is 0. The second-order valence-electron chi connectivity index (χ2n) is 6.40. The number of aryl methyl sites for hydroxylation is 1. The summed E-state index contributed by atoms with van der Waals surface area (Å²) >= 11 is 0. The van der Waals surface area contributed by atoms with E-state index < -0.39 is 4.92 Å². The lowest BCUT2D eigenvalue weighted by Gasteiger charge is -2.35. The van der Waals surface area contributed by atoms with Crippen LogP contribution < -0.4 is 10.2 Å². The third-order valence-electron chi connectivity index (χ3n) is 4.56. The first-order valence-electron chi connectivity index (χ1n) is 8.60. The van der Waals surface area contributed by atoms with Crippen LogP contribution in [0.1, 0.15) is 5.56 Å². The van der Waals surface area contributed by atoms with Crippen molar-refractivity contribution < 1.29 is 9.72 Å². The number of non-ortho nitro benzene ring substituents is 1. The van der Waals surface area contributed by atoms with Crippen molar-refractivity contribution in [3.63, 3.8) is 0 Å². The van der Waals surface area contributed by atoms with Gasteiger partial charge in [0.05, 0.1) is 11.5 Å². The van der Waals surface area contributed by atoms with Gasteiger partial charge in [-0.25, -0.2) is 0 Å². The van der Waals surface area contributed by atoms with E-state index in [1.165, 1.54) is 17.8 Å². The van der Waals surface area contributed by atoms with Gasteiger partial charge in [-0.1, -0.05) is 18.2 Å². The monoisotopic (exact) mass is 354 g/mol. The summed E-state index contributed by atoms with van der Waals surface area (Å²) in [5.74, 6) is -0.102. The summed E-state index contributed by atoms with van der Waals surface area (Å²) in [6.45, 7) is 5.48. The largest absolute Gasteiger partial charge is 0.369 e. The zero-order valence-corrected chi connectivity index (χ0v) is 14.7. The molecule has 1 heterocycles. The molecule has 1 fully saturated rings. The number of nitrogens with one attached hydrogen (secondary N) is 1. The van der Waals surface area contributed by atoms with Crippen LogP contribution in [-0.2, 0) is 4.79 Å². The second kappa shape index (κ2) is 7.97. The van der Waals surface area contributed by atoms with Gasteiger partial charge in [-0.05, 0) is 30.7 Å². The normalized spacial score (nSPS) is 14.9. The number of piperazine rings is 1. The van der Waals surface area contributed by atoms with Gasteiger partial charge in [0.15, 0.2) is 0 Å². The summed E-state index contributed by atoms with van der Waals surface area (Å²) in [4.78, 5) is 27.1. The quantitative estimate of drug-likeness (QED) is 0.660. The predicted octanol–water partition coefficient (Wildman–Crippen LogP) is 2.66. The van der Waals surface area contributed by atoms with Gasteiger partial charge in [0.2, 0.25) is 5.91 Å². The molecule has 26 heavy (non-hydrogen) atoms. The molecular formula is C19H22N4O3. The Bertz CT molecular complexity index is 787. The molecule has 3 rings (SSSR count). The fourth-order valence-corrected chi connectivity index (χ4v) is 3.10. The van der Waals surface area contributed by atoms with Crippen LogP contribution in [0.25, 0.3) is 0 Å². The minimum Gasteiger partial charge on any atom is -0.369 e. The zero-order chi connectivity index (χ0) is 18.5. The fourth-order valence-electron chi connectivity index (χ4n) is 3.10. The molecule has 136 valence electrons. The molecule has 1 N–H and O–H groups in total. The van der Waals surface area contributed by atoms with Gasteiger partial charge < -0.3 is 10.2 Å². The molecule has 0 spiro atoms. The Hall–Kier alpha value is -2.93. The van der Waals surface area contributed by atoms with Crippen molar-refractivity contribution in [2.75, 3.05) is 42.9 Å². The molecule has 1 aliphatic heterocycles. The van der Waals surface area contributed by atoms with Crippen molar-refractivity contribution in [1.82, 2.24) is 4.90 Å². The van der Waals surface area contributed by atoms with E-state index in [9.17, 15) is 14.9 Å². The Kier molecular flexibility index (Phi) is 5.48. The average molecular weight is 354 g/mol. The Balaban J connectivity index is 1.51. The van der Waals surface area contributed by atoms with Crippen LogP contribution in [0.5, 0.6) is 0 Å². The van der Waals surface area contributed by atoms with Gasteiger partial charge in [-0.3, -0.25) is 19.8 Å². The van der Waals surface area contributed by atoms with E-state index in [4.69, 9.17) is 0 Å². The van der Waals surface area contributed by atoms with E-state index in [0.717, 1.165) is 26.2 Å². The van der Waals surface area contributed by atoms with E-state index in [1.54, 1.807) is 13.0 Å². The standard InChI is InChI=1S/C19H22N4O3/c1-15-13-17(23(25)26)7-8-18(15)20-19(24)14-21-9-11-22(12-10-21)16-5-3-2-4-6-16/h2-8,13H,9-12,14H2,1H3,(H,20,24). The van der Waals surface area contributed by atoms with Crippen molar-refractivity contribution in [3.05, 3.63) is 64.2 Å². The van der Waals surface area contributed by atoms with Gasteiger partial charge >= 0.3 is 0 Å². The zero-order valence-electron chi connectivity index (χ0n) is 14.7. The highest BCUT2D eigenvalue weighted by Gasteiger charge is 2.19. The van der Waals surface area contributed by atoms with Crippen molar-refractivity contribution >= 4 is 23.0 Å². The van der Waals surface area contributed by atoms with E-state index in [-0.39, 0.29) is 11.6 Å². The van der Waals surface area contributed by atoms with Crippen LogP contribution in [-0.4, -0.2) is 48.5 Å². The number of carbonyl (C=O) groups excluding carboxylic acids is 1. The number of rotatable bonds is 5. The molecular weight excluding hydrogens is 332 g/mol. The van der Waals surface area contributed by atoms with Crippen LogP contribution >= 0.6 is 0 Å². The second-order valence-corrected chi connectivity index (χ2v) is 6.40. The number of nitro groups is 1. The summed E-state index contributed by atoms with van der Waals surface area (Å²) in [5.41, 5.74) is 2.53. The smallest absolute Gasteiger partial charge is 0.269 e. The van der Waals surface area contributed by atoms with Crippen molar-refractivity contribution in [3.8, 4) is 0 Å². The van der Waals surface area contributed by atoms with Crippen molar-refractivity contribution in [2.24, 2.45) is 0 Å². The molecule has 1 amide bonds. The number of nitrogens with zero attached hydrogens (tertiary/aromatic N) is 3. The predicted molar refractivity (Wildman–Crippen MR) is 102 cm³/mol. The molecule has 0 aliphatic carbocycles. The van der Waals surface area contributed by atoms with Crippen molar-refractivity contribution in [1.29, 1.82) is 0 Å². The van der Waals surface area contributed by atoms with Crippen LogP contribution in [0, 0.1) is 17.0 Å². The minimum atomic E-state index is -0.440. The van der Waals surface area contributed by atoms with Gasteiger partial charge in [-0.2, -0.15) is 0 Å². The van der Waals surface area contributed by atoms with Crippen LogP contribution in [0.3, 0.4) is 0 Å². The van der Waals surface area contributed by atoms with E-state index >= 15 is 0 Å². The third kappa shape index (κ3) is 4.37. The SMILES string of the molecule is Cc1cc([N+](=O)[O-])ccc1NC(=O)CN1CCN(c2ccccc2)CC1. The summed E-state index contributed by atoms with van der Waals surface area (Å²) in [5, 5.41) is 13.6. The number of benzene rings is 2. The lowest BCUT2D eigenvalue weighted by atomic mass is 10.2. The summed E-state index contributed by atoms with van der Waals surface area (Å²) < 4.78 is 0. The highest BCUT2D eigenvalue weighted by Crippen LogP contribution is 2.21. The van der Waals surface area contributed by atoms with Gasteiger partial charge in [-0.15, -0.1) is 0 Å². The molecule has 2 aromatic rings. The van der Waals surface area contributed by atoms with Crippen LogP contribution in [0.2, 0.25) is 0 Å². The van der Waals surface area contributed by atoms with Gasteiger partial charge in [0.1, 0.15) is 0 Å². The molecule has 0 unspecified atom stereocenters. The molecule has 0 saturated carbocycles. The maximum Gasteiger partial charge on any atom is 0.269 e. The van der Waals surface area contributed by atoms with E-state index in [2.05, 4.69) is 27.2 Å². The summed E-state index contributed by atoms with van der Waals surface area (Å²) in [6, 6.07) is 14.7. The van der Waals surface area contributed by atoms with Crippen LogP contribution in [0.15, 0.2) is 48.5 Å². The number of para-hydroxylation sites is 1. The maximum absolute atomic E-state index is 12.3. The molecule has 1 aliphatic rings. The number of hydrogen-bond donors (Lipinski definition) is 1.